The molecule has 0 spiro atoms. The monoisotopic (exact) mass is 650 g/mol. The number of aromatic nitrogens is 1. The zero-order chi connectivity index (χ0) is 30.0. The predicted molar refractivity (Wildman–Crippen MR) is 167 cm³/mol. The van der Waals surface area contributed by atoms with E-state index < -0.39 is 12.0 Å². The number of ether oxygens (including phenoxy) is 4. The molecule has 2 heterocycles. The molecule has 0 aliphatic carbocycles. The number of carbonyl (C=O) groups is 1. The number of hydrogen-bond donors (Lipinski definition) is 0. The highest BCUT2D eigenvalue weighted by Gasteiger charge is 2.35. The first-order valence-electron chi connectivity index (χ1n) is 13.7. The van der Waals surface area contributed by atoms with Crippen molar-refractivity contribution in [1.82, 2.24) is 4.57 Å². The smallest absolute Gasteiger partial charge is 0.338 e. The zero-order valence-electron chi connectivity index (χ0n) is 24.0. The summed E-state index contributed by atoms with van der Waals surface area (Å²) < 4.78 is 25.3. The lowest BCUT2D eigenvalue weighted by Gasteiger charge is -2.26. The topological polar surface area (TPSA) is 88.4 Å². The third-order valence-electron chi connectivity index (χ3n) is 6.90. The summed E-state index contributed by atoms with van der Waals surface area (Å²) in [5, 5.41) is 1.93. The van der Waals surface area contributed by atoms with Crippen LogP contribution in [0.15, 0.2) is 74.1 Å². The van der Waals surface area contributed by atoms with Gasteiger partial charge < -0.3 is 18.9 Å². The highest BCUT2D eigenvalue weighted by molar-refractivity contribution is 9.10. The van der Waals surface area contributed by atoms with Crippen LogP contribution < -0.4 is 29.1 Å². The zero-order valence-corrected chi connectivity index (χ0v) is 26.4. The minimum Gasteiger partial charge on any atom is -0.493 e. The minimum absolute atomic E-state index is 0.186. The molecule has 1 atom stereocenters. The van der Waals surface area contributed by atoms with Gasteiger partial charge in [0.15, 0.2) is 16.3 Å². The van der Waals surface area contributed by atoms with Gasteiger partial charge in [-0.25, -0.2) is 9.79 Å². The van der Waals surface area contributed by atoms with Gasteiger partial charge in [-0.15, -0.1) is 0 Å². The van der Waals surface area contributed by atoms with Gasteiger partial charge in [0, 0.05) is 9.86 Å². The Kier molecular flexibility index (Phi) is 8.84. The van der Waals surface area contributed by atoms with Crippen molar-refractivity contribution in [3.05, 3.63) is 95.1 Å². The van der Waals surface area contributed by atoms with Gasteiger partial charge in [0.05, 0.1) is 48.8 Å². The Morgan fingerprint density at radius 2 is 1.71 bits per heavy atom. The number of allylic oxidation sites excluding steroid dienone is 1. The van der Waals surface area contributed by atoms with Crippen LogP contribution in [-0.4, -0.2) is 37.5 Å². The van der Waals surface area contributed by atoms with Gasteiger partial charge in [0.1, 0.15) is 5.75 Å². The van der Waals surface area contributed by atoms with E-state index in [1.807, 2.05) is 56.3 Å². The summed E-state index contributed by atoms with van der Waals surface area (Å²) in [7, 11) is 1.55. The molecular formula is C32H31BrN2O6S. The first-order chi connectivity index (χ1) is 20.3. The molecule has 218 valence electrons. The highest BCUT2D eigenvalue weighted by atomic mass is 79.9. The van der Waals surface area contributed by atoms with Crippen molar-refractivity contribution in [3.8, 4) is 17.2 Å². The normalized spacial score (nSPS) is 14.9. The van der Waals surface area contributed by atoms with Gasteiger partial charge in [-0.1, -0.05) is 57.6 Å². The summed E-state index contributed by atoms with van der Waals surface area (Å²) in [6.07, 6.45) is 1.87. The molecule has 0 N–H and O–H groups in total. The molecule has 0 saturated carbocycles. The Balaban J connectivity index is 1.76. The number of fused-ring (bicyclic) bond motifs is 2. The maximum atomic E-state index is 14.2. The fourth-order valence-electron chi connectivity index (χ4n) is 5.12. The number of hydrogen-bond acceptors (Lipinski definition) is 8. The maximum absolute atomic E-state index is 14.2. The molecule has 1 aliphatic rings. The molecular weight excluding hydrogens is 620 g/mol. The van der Waals surface area contributed by atoms with Crippen LogP contribution in [0.3, 0.4) is 0 Å². The molecule has 5 rings (SSSR count). The lowest BCUT2D eigenvalue weighted by atomic mass is 9.95. The van der Waals surface area contributed by atoms with Crippen LogP contribution >= 0.6 is 27.3 Å². The molecule has 8 nitrogen and oxygen atoms in total. The van der Waals surface area contributed by atoms with E-state index in [1.54, 1.807) is 37.7 Å². The first-order valence-corrected chi connectivity index (χ1v) is 15.3. The van der Waals surface area contributed by atoms with E-state index in [1.165, 1.54) is 11.3 Å². The van der Waals surface area contributed by atoms with Crippen LogP contribution in [0.1, 0.15) is 44.9 Å². The van der Waals surface area contributed by atoms with E-state index in [0.717, 1.165) is 22.1 Å². The molecule has 3 aromatic carbocycles. The summed E-state index contributed by atoms with van der Waals surface area (Å²) in [4.78, 5) is 32.7. The quantitative estimate of drug-likeness (QED) is 0.222. The summed E-state index contributed by atoms with van der Waals surface area (Å²) >= 11 is 4.94. The molecule has 0 fully saturated rings. The van der Waals surface area contributed by atoms with Crippen molar-refractivity contribution in [2.24, 2.45) is 4.99 Å². The number of nitrogens with zero attached hydrogens (tertiary/aromatic N) is 2. The van der Waals surface area contributed by atoms with Crippen molar-refractivity contribution >= 4 is 50.1 Å². The van der Waals surface area contributed by atoms with E-state index >= 15 is 0 Å². The summed E-state index contributed by atoms with van der Waals surface area (Å²) in [5.74, 6) is 1.28. The number of halogens is 1. The molecule has 0 bridgehead atoms. The van der Waals surface area contributed by atoms with Crippen LogP contribution in [-0.2, 0) is 9.53 Å². The average molecular weight is 652 g/mol. The molecule has 1 aromatic heterocycles. The number of methoxy groups -OCH3 is 1. The summed E-state index contributed by atoms with van der Waals surface area (Å²) in [6.45, 7) is 8.53. The van der Waals surface area contributed by atoms with Gasteiger partial charge in [0.25, 0.3) is 5.56 Å². The maximum Gasteiger partial charge on any atom is 0.338 e. The second-order valence-corrected chi connectivity index (χ2v) is 11.3. The Morgan fingerprint density at radius 1 is 1.00 bits per heavy atom. The highest BCUT2D eigenvalue weighted by Crippen LogP contribution is 2.41. The molecule has 0 saturated heterocycles. The molecule has 1 aliphatic heterocycles. The summed E-state index contributed by atoms with van der Waals surface area (Å²) in [6, 6.07) is 14.6. The molecule has 0 unspecified atom stereocenters. The van der Waals surface area contributed by atoms with Gasteiger partial charge in [-0.2, -0.15) is 0 Å². The fraction of sp³-hybridized carbons (Fsp3) is 0.281. The number of benzene rings is 3. The molecule has 0 amide bonds. The van der Waals surface area contributed by atoms with Gasteiger partial charge in [0.2, 0.25) is 0 Å². The van der Waals surface area contributed by atoms with Crippen molar-refractivity contribution in [2.45, 2.75) is 33.7 Å². The second-order valence-electron chi connectivity index (χ2n) is 9.39. The predicted octanol–water partition coefficient (Wildman–Crippen LogP) is 5.52. The standard InChI is InChI=1S/C32H31BrN2O6S/c1-6-39-24-14-13-19(20-11-9-10-12-21(20)24)15-27-30(36)35-29(22-16-25(38-5)26(40-7-2)17-23(22)33)28(31(37)41-8-3)18(4)34-32(35)42-27/h9-17,29H,6-8H2,1-5H3/b27-15+/t29-/m0/s1. The Bertz CT molecular complexity index is 1890. The largest absolute Gasteiger partial charge is 0.493 e. The van der Waals surface area contributed by atoms with Crippen LogP contribution in [0.25, 0.3) is 16.8 Å². The van der Waals surface area contributed by atoms with E-state index in [2.05, 4.69) is 15.9 Å². The number of esters is 1. The lowest BCUT2D eigenvalue weighted by Crippen LogP contribution is -2.40. The number of carbonyl (C=O) groups excluding carboxylic acids is 1. The first kappa shape index (κ1) is 29.6. The third kappa shape index (κ3) is 5.36. The van der Waals surface area contributed by atoms with Gasteiger partial charge in [-0.05, 0) is 68.5 Å². The van der Waals surface area contributed by atoms with E-state index in [-0.39, 0.29) is 17.7 Å². The van der Waals surface area contributed by atoms with Crippen molar-refractivity contribution < 1.29 is 23.7 Å². The lowest BCUT2D eigenvalue weighted by molar-refractivity contribution is -0.139. The SMILES string of the molecule is CCOC(=O)C1=C(C)N=c2s/c(=C/c3ccc(OCC)c4ccccc34)c(=O)n2[C@H]1c1cc(OC)c(OCC)cc1Br. The molecule has 42 heavy (non-hydrogen) atoms. The molecule has 0 radical (unpaired) electrons. The van der Waals surface area contributed by atoms with Gasteiger partial charge in [-0.3, -0.25) is 9.36 Å². The van der Waals surface area contributed by atoms with E-state index in [4.69, 9.17) is 23.9 Å². The van der Waals surface area contributed by atoms with Crippen LogP contribution in [0, 0.1) is 0 Å². The number of rotatable bonds is 9. The third-order valence-corrected chi connectivity index (χ3v) is 8.57. The fourth-order valence-corrected chi connectivity index (χ4v) is 6.69. The second kappa shape index (κ2) is 12.5. The molecule has 4 aromatic rings. The van der Waals surface area contributed by atoms with Crippen molar-refractivity contribution in [2.75, 3.05) is 26.9 Å². The summed E-state index contributed by atoms with van der Waals surface area (Å²) in [5.41, 5.74) is 2.02. The van der Waals surface area contributed by atoms with Crippen molar-refractivity contribution in [1.29, 1.82) is 0 Å². The number of thiazole rings is 1. The van der Waals surface area contributed by atoms with Crippen molar-refractivity contribution in [3.63, 3.8) is 0 Å². The Morgan fingerprint density at radius 3 is 2.40 bits per heavy atom. The minimum atomic E-state index is -0.807. The van der Waals surface area contributed by atoms with Crippen LogP contribution in [0.2, 0.25) is 0 Å². The Hall–Kier alpha value is -3.89. The average Bonchev–Trinajstić information content (AvgIpc) is 3.28. The van der Waals surface area contributed by atoms with Crippen LogP contribution in [0.5, 0.6) is 17.2 Å². The van der Waals surface area contributed by atoms with E-state index in [0.29, 0.717) is 49.8 Å². The molecule has 10 heteroatoms. The Labute approximate surface area is 255 Å². The van der Waals surface area contributed by atoms with Crippen LogP contribution in [0.4, 0.5) is 0 Å². The van der Waals surface area contributed by atoms with E-state index in [9.17, 15) is 9.59 Å². The van der Waals surface area contributed by atoms with Gasteiger partial charge >= 0.3 is 5.97 Å².